The lowest BCUT2D eigenvalue weighted by Crippen LogP contribution is -2.35. The predicted molar refractivity (Wildman–Crippen MR) is 76.9 cm³/mol. The number of benzene rings is 1. The molecular formula is C15H26N2O. The van der Waals surface area contributed by atoms with Crippen LogP contribution in [-0.2, 0) is 0 Å². The van der Waals surface area contributed by atoms with Gasteiger partial charge in [0.2, 0.25) is 0 Å². The summed E-state index contributed by atoms with van der Waals surface area (Å²) in [6.45, 7) is 5.34. The van der Waals surface area contributed by atoms with Gasteiger partial charge in [-0.15, -0.1) is 0 Å². The maximum atomic E-state index is 6.26. The normalized spacial score (nSPS) is 14.6. The molecule has 0 aliphatic rings. The Kier molecular flexibility index (Phi) is 6.16. The Balaban J connectivity index is 2.60. The second kappa shape index (κ2) is 7.39. The van der Waals surface area contributed by atoms with Gasteiger partial charge in [0.15, 0.2) is 0 Å². The van der Waals surface area contributed by atoms with Gasteiger partial charge in [-0.3, -0.25) is 0 Å². The van der Waals surface area contributed by atoms with Gasteiger partial charge < -0.3 is 15.4 Å². The largest absolute Gasteiger partial charge is 0.497 e. The summed E-state index contributed by atoms with van der Waals surface area (Å²) in [4.78, 5) is 2.33. The molecule has 0 radical (unpaired) electrons. The summed E-state index contributed by atoms with van der Waals surface area (Å²) in [6, 6.07) is 8.62. The summed E-state index contributed by atoms with van der Waals surface area (Å²) >= 11 is 0. The molecule has 0 aliphatic heterocycles. The number of nitrogens with zero attached hydrogens (tertiary/aromatic N) is 1. The van der Waals surface area contributed by atoms with E-state index in [9.17, 15) is 0 Å². The van der Waals surface area contributed by atoms with Crippen LogP contribution in [0, 0.1) is 0 Å². The zero-order valence-electron chi connectivity index (χ0n) is 12.0. The molecule has 18 heavy (non-hydrogen) atoms. The summed E-state index contributed by atoms with van der Waals surface area (Å²) in [5.74, 6) is 0.868. The topological polar surface area (TPSA) is 38.5 Å². The molecule has 1 aromatic rings. The number of ether oxygens (including phenoxy) is 1. The zero-order chi connectivity index (χ0) is 13.5. The monoisotopic (exact) mass is 250 g/mol. The third-order valence-electron chi connectivity index (χ3n) is 3.47. The molecule has 2 unspecified atom stereocenters. The van der Waals surface area contributed by atoms with Crippen molar-refractivity contribution < 1.29 is 4.74 Å². The Hall–Kier alpha value is -1.06. The molecule has 102 valence electrons. The molecule has 0 fully saturated rings. The van der Waals surface area contributed by atoms with Gasteiger partial charge in [0, 0.05) is 18.6 Å². The molecule has 0 amide bonds. The molecule has 2 atom stereocenters. The van der Waals surface area contributed by atoms with Crippen molar-refractivity contribution in [2.75, 3.05) is 20.7 Å². The van der Waals surface area contributed by atoms with Crippen LogP contribution in [0.4, 0.5) is 0 Å². The number of nitrogens with two attached hydrogens (primary N) is 1. The standard InChI is InChI=1S/C15H26N2O/c1-5-7-12(2)17(3)11-15(16)13-8-6-9-14(10-13)18-4/h6,8-10,12,15H,5,7,11,16H2,1-4H3. The highest BCUT2D eigenvalue weighted by Gasteiger charge is 2.14. The number of rotatable bonds is 7. The minimum atomic E-state index is 0.0319. The lowest BCUT2D eigenvalue weighted by Gasteiger charge is -2.27. The van der Waals surface area contributed by atoms with Crippen LogP contribution in [-0.4, -0.2) is 31.6 Å². The quantitative estimate of drug-likeness (QED) is 0.808. The first kappa shape index (κ1) is 15.0. The van der Waals surface area contributed by atoms with Crippen LogP contribution in [0.25, 0.3) is 0 Å². The molecule has 0 spiro atoms. The highest BCUT2D eigenvalue weighted by atomic mass is 16.5. The molecule has 3 nitrogen and oxygen atoms in total. The average molecular weight is 250 g/mol. The molecule has 1 aromatic carbocycles. The second-order valence-corrected chi connectivity index (χ2v) is 4.96. The van der Waals surface area contributed by atoms with Crippen molar-refractivity contribution >= 4 is 0 Å². The van der Waals surface area contributed by atoms with Gasteiger partial charge in [-0.1, -0.05) is 25.5 Å². The fourth-order valence-electron chi connectivity index (χ4n) is 2.11. The Morgan fingerprint density at radius 1 is 1.39 bits per heavy atom. The summed E-state index contributed by atoms with van der Waals surface area (Å²) in [6.07, 6.45) is 2.42. The molecular weight excluding hydrogens is 224 g/mol. The van der Waals surface area contributed by atoms with E-state index in [2.05, 4.69) is 31.9 Å². The third-order valence-corrected chi connectivity index (χ3v) is 3.47. The van der Waals surface area contributed by atoms with Crippen LogP contribution in [0.15, 0.2) is 24.3 Å². The SMILES string of the molecule is CCCC(C)N(C)CC(N)c1cccc(OC)c1. The fraction of sp³-hybridized carbons (Fsp3) is 0.600. The molecule has 0 heterocycles. The van der Waals surface area contributed by atoms with E-state index in [1.54, 1.807) is 7.11 Å². The number of methoxy groups -OCH3 is 1. The van der Waals surface area contributed by atoms with E-state index in [0.717, 1.165) is 17.9 Å². The molecule has 0 saturated heterocycles. The summed E-state index contributed by atoms with van der Waals surface area (Å²) in [5, 5.41) is 0. The average Bonchev–Trinajstić information content (AvgIpc) is 2.39. The minimum Gasteiger partial charge on any atom is -0.497 e. The van der Waals surface area contributed by atoms with Crippen LogP contribution < -0.4 is 10.5 Å². The van der Waals surface area contributed by atoms with E-state index >= 15 is 0 Å². The van der Waals surface area contributed by atoms with Crippen LogP contribution in [0.3, 0.4) is 0 Å². The maximum absolute atomic E-state index is 6.26. The van der Waals surface area contributed by atoms with Crippen molar-refractivity contribution in [1.29, 1.82) is 0 Å². The summed E-state index contributed by atoms with van der Waals surface area (Å²) in [7, 11) is 3.82. The van der Waals surface area contributed by atoms with Crippen molar-refractivity contribution in [3.8, 4) is 5.75 Å². The van der Waals surface area contributed by atoms with E-state index in [-0.39, 0.29) is 6.04 Å². The van der Waals surface area contributed by atoms with Crippen molar-refractivity contribution in [3.05, 3.63) is 29.8 Å². The van der Waals surface area contributed by atoms with Crippen molar-refractivity contribution in [3.63, 3.8) is 0 Å². The fourth-order valence-corrected chi connectivity index (χ4v) is 2.11. The summed E-state index contributed by atoms with van der Waals surface area (Å²) < 4.78 is 5.23. The zero-order valence-corrected chi connectivity index (χ0v) is 12.0. The van der Waals surface area contributed by atoms with Crippen molar-refractivity contribution in [2.45, 2.75) is 38.8 Å². The van der Waals surface area contributed by atoms with Gasteiger partial charge in [-0.25, -0.2) is 0 Å². The molecule has 3 heteroatoms. The molecule has 2 N–H and O–H groups in total. The van der Waals surface area contributed by atoms with Crippen molar-refractivity contribution in [2.24, 2.45) is 5.73 Å². The smallest absolute Gasteiger partial charge is 0.119 e. The van der Waals surface area contributed by atoms with Gasteiger partial charge in [-0.05, 0) is 38.1 Å². The first-order valence-electron chi connectivity index (χ1n) is 6.68. The maximum Gasteiger partial charge on any atom is 0.119 e. The van der Waals surface area contributed by atoms with Crippen LogP contribution >= 0.6 is 0 Å². The third kappa shape index (κ3) is 4.31. The van der Waals surface area contributed by atoms with E-state index in [4.69, 9.17) is 10.5 Å². The van der Waals surface area contributed by atoms with Crippen LogP contribution in [0.2, 0.25) is 0 Å². The number of likely N-dealkylation sites (N-methyl/N-ethyl adjacent to an activating group) is 1. The van der Waals surface area contributed by atoms with E-state index in [1.165, 1.54) is 12.8 Å². The van der Waals surface area contributed by atoms with Gasteiger partial charge in [-0.2, -0.15) is 0 Å². The lowest BCUT2D eigenvalue weighted by molar-refractivity contribution is 0.231. The highest BCUT2D eigenvalue weighted by Crippen LogP contribution is 2.19. The highest BCUT2D eigenvalue weighted by molar-refractivity contribution is 5.30. The van der Waals surface area contributed by atoms with E-state index in [1.807, 2.05) is 18.2 Å². The summed E-state index contributed by atoms with van der Waals surface area (Å²) in [5.41, 5.74) is 7.39. The Labute approximate surface area is 111 Å². The molecule has 0 saturated carbocycles. The van der Waals surface area contributed by atoms with Gasteiger partial charge in [0.05, 0.1) is 7.11 Å². The van der Waals surface area contributed by atoms with E-state index < -0.39 is 0 Å². The second-order valence-electron chi connectivity index (χ2n) is 4.96. The number of hydrogen-bond acceptors (Lipinski definition) is 3. The van der Waals surface area contributed by atoms with Gasteiger partial charge in [0.25, 0.3) is 0 Å². The van der Waals surface area contributed by atoms with Crippen LogP contribution in [0.5, 0.6) is 5.75 Å². The lowest BCUT2D eigenvalue weighted by atomic mass is 10.1. The number of hydrogen-bond donors (Lipinski definition) is 1. The van der Waals surface area contributed by atoms with E-state index in [0.29, 0.717) is 6.04 Å². The molecule has 0 aromatic heterocycles. The molecule has 0 aliphatic carbocycles. The first-order valence-corrected chi connectivity index (χ1v) is 6.68. The first-order chi connectivity index (χ1) is 8.58. The van der Waals surface area contributed by atoms with Crippen molar-refractivity contribution in [1.82, 2.24) is 4.90 Å². The Morgan fingerprint density at radius 2 is 2.11 bits per heavy atom. The molecule has 1 rings (SSSR count). The Bertz CT molecular complexity index is 354. The van der Waals surface area contributed by atoms with Gasteiger partial charge in [0.1, 0.15) is 5.75 Å². The minimum absolute atomic E-state index is 0.0319. The molecule has 0 bridgehead atoms. The predicted octanol–water partition coefficient (Wildman–Crippen LogP) is 2.82. The van der Waals surface area contributed by atoms with Crippen LogP contribution in [0.1, 0.15) is 38.3 Å². The Morgan fingerprint density at radius 3 is 2.72 bits per heavy atom. The van der Waals surface area contributed by atoms with Gasteiger partial charge >= 0.3 is 0 Å².